The van der Waals surface area contributed by atoms with Crippen molar-refractivity contribution in [2.75, 3.05) is 37.7 Å². The van der Waals surface area contributed by atoms with Crippen LogP contribution in [0.25, 0.3) is 0 Å². The second-order valence-electron chi connectivity index (χ2n) is 4.58. The second kappa shape index (κ2) is 5.96. The minimum Gasteiger partial charge on any atom is -0.443 e. The van der Waals surface area contributed by atoms with Crippen molar-refractivity contribution in [1.29, 1.82) is 0 Å². The molecule has 8 nitrogen and oxygen atoms in total. The average Bonchev–Trinajstić information content (AvgIpc) is 3.14. The van der Waals surface area contributed by atoms with Crippen molar-refractivity contribution in [2.45, 2.75) is 12.6 Å². The van der Waals surface area contributed by atoms with Crippen molar-refractivity contribution in [3.05, 3.63) is 11.1 Å². The van der Waals surface area contributed by atoms with Crippen molar-refractivity contribution in [3.8, 4) is 0 Å². The maximum Gasteiger partial charge on any atom is 0.416 e. The molecule has 3 rings (SSSR count). The van der Waals surface area contributed by atoms with E-state index in [1.54, 1.807) is 0 Å². The number of rotatable bonds is 4. The van der Waals surface area contributed by atoms with Crippen molar-refractivity contribution >= 4 is 28.5 Å². The van der Waals surface area contributed by atoms with Gasteiger partial charge in [-0.05, 0) is 0 Å². The second-order valence-corrected chi connectivity index (χ2v) is 5.41. The number of ether oxygens (including phenoxy) is 2. The van der Waals surface area contributed by atoms with Gasteiger partial charge in [-0.15, -0.1) is 11.3 Å². The number of hydrogen-bond donors (Lipinski definition) is 1. The smallest absolute Gasteiger partial charge is 0.416 e. The third-order valence-electron chi connectivity index (χ3n) is 3.10. The molecule has 21 heavy (non-hydrogen) atoms. The molecule has 2 saturated heterocycles. The predicted molar refractivity (Wildman–Crippen MR) is 75.0 cm³/mol. The van der Waals surface area contributed by atoms with Gasteiger partial charge in [0, 0.05) is 18.5 Å². The highest BCUT2D eigenvalue weighted by Gasteiger charge is 2.33. The molecule has 114 valence electrons. The maximum atomic E-state index is 11.8. The lowest BCUT2D eigenvalue weighted by atomic mass is 10.3. The van der Waals surface area contributed by atoms with Gasteiger partial charge in [-0.2, -0.15) is 0 Å². The van der Waals surface area contributed by atoms with Crippen LogP contribution in [0.5, 0.6) is 0 Å². The first kappa shape index (κ1) is 11.9. The number of amides is 2. The van der Waals surface area contributed by atoms with Crippen LogP contribution in [0.15, 0.2) is 5.38 Å². The molecule has 2 N–H and O–H groups in total. The molecule has 2 aliphatic rings. The lowest BCUT2D eigenvalue weighted by Gasteiger charge is -2.25. The lowest BCUT2D eigenvalue weighted by Crippen LogP contribution is -2.41. The molecule has 0 aliphatic carbocycles. The Kier molecular flexibility index (Phi) is 3.38. The molecule has 1 atom stereocenters. The van der Waals surface area contributed by atoms with Gasteiger partial charge < -0.3 is 20.1 Å². The number of carbonyl (C=O) groups excluding carboxylic acids is 2. The van der Waals surface area contributed by atoms with E-state index in [2.05, 4.69) is 4.98 Å². The van der Waals surface area contributed by atoms with E-state index < -0.39 is 24.6 Å². The van der Waals surface area contributed by atoms with E-state index in [1.165, 1.54) is 10.3 Å². The Hall–Kier alpha value is -1.71. The molecule has 1 aromatic heterocycles. The summed E-state index contributed by atoms with van der Waals surface area (Å²) < 4.78 is 26.5. The van der Waals surface area contributed by atoms with E-state index in [-0.39, 0.29) is 38.5 Å². The summed E-state index contributed by atoms with van der Waals surface area (Å²) in [6, 6.07) is 0. The maximum absolute atomic E-state index is 11.8. The molecule has 2 aliphatic heterocycles. The van der Waals surface area contributed by atoms with Gasteiger partial charge >= 0.3 is 6.09 Å². The summed E-state index contributed by atoms with van der Waals surface area (Å²) >= 11 is 1.12. The summed E-state index contributed by atoms with van der Waals surface area (Å²) in [6.07, 6.45) is -0.947. The minimum atomic E-state index is -2.06. The van der Waals surface area contributed by atoms with Gasteiger partial charge in [0.25, 0.3) is 0 Å². The number of aromatic nitrogens is 1. The molecule has 3 heterocycles. The third kappa shape index (κ3) is 2.99. The molecule has 2 fully saturated rings. The van der Waals surface area contributed by atoms with Crippen LogP contribution in [0.4, 0.5) is 9.93 Å². The Morgan fingerprint density at radius 2 is 2.43 bits per heavy atom. The Bertz CT molecular complexity index is 626. The highest BCUT2D eigenvalue weighted by atomic mass is 32.1. The number of nitrogens with two attached hydrogens (primary N) is 1. The summed E-state index contributed by atoms with van der Waals surface area (Å²) in [7, 11) is 0. The summed E-state index contributed by atoms with van der Waals surface area (Å²) in [5.74, 6) is -0.431. The summed E-state index contributed by atoms with van der Waals surface area (Å²) in [4.78, 5) is 30.3. The molecule has 1 aromatic rings. The molecular formula is C12H16N4O4S. The van der Waals surface area contributed by atoms with Gasteiger partial charge in [0.05, 0.1) is 28.1 Å². The first-order chi connectivity index (χ1) is 10.9. The zero-order valence-electron chi connectivity index (χ0n) is 13.2. The van der Waals surface area contributed by atoms with Crippen LogP contribution in [0.2, 0.25) is 0 Å². The number of thiazole rings is 1. The highest BCUT2D eigenvalue weighted by Crippen LogP contribution is 2.26. The zero-order chi connectivity index (χ0) is 16.6. The van der Waals surface area contributed by atoms with Crippen molar-refractivity contribution < 1.29 is 21.8 Å². The third-order valence-corrected chi connectivity index (χ3v) is 3.96. The fourth-order valence-corrected chi connectivity index (χ4v) is 2.76. The summed E-state index contributed by atoms with van der Waals surface area (Å²) in [5.41, 5.74) is 5.57. The van der Waals surface area contributed by atoms with E-state index in [4.69, 9.17) is 17.9 Å². The molecule has 0 saturated carbocycles. The monoisotopic (exact) mass is 314 g/mol. The fraction of sp³-hybridized carbons (Fsp3) is 0.583. The molecule has 0 bridgehead atoms. The van der Waals surface area contributed by atoms with Crippen LogP contribution < -0.4 is 10.6 Å². The van der Waals surface area contributed by atoms with Crippen LogP contribution in [0.3, 0.4) is 0 Å². The lowest BCUT2D eigenvalue weighted by molar-refractivity contribution is -0.143. The van der Waals surface area contributed by atoms with Crippen LogP contribution in [0.1, 0.15) is 8.44 Å². The number of anilines is 1. The molecule has 0 radical (unpaired) electrons. The predicted octanol–water partition coefficient (Wildman–Crippen LogP) is -0.214. The van der Waals surface area contributed by atoms with E-state index in [0.717, 1.165) is 16.2 Å². The van der Waals surface area contributed by atoms with Crippen molar-refractivity contribution in [2.24, 2.45) is 5.73 Å². The van der Waals surface area contributed by atoms with Gasteiger partial charge in [-0.1, -0.05) is 0 Å². The molecule has 0 unspecified atom stereocenters. The average molecular weight is 314 g/mol. The first-order valence-corrected chi connectivity index (χ1v) is 7.34. The van der Waals surface area contributed by atoms with E-state index in [0.29, 0.717) is 5.13 Å². The van der Waals surface area contributed by atoms with Gasteiger partial charge in [-0.25, -0.2) is 14.7 Å². The Morgan fingerprint density at radius 3 is 3.14 bits per heavy atom. The van der Waals surface area contributed by atoms with Gasteiger partial charge in [0.15, 0.2) is 5.13 Å². The van der Waals surface area contributed by atoms with Gasteiger partial charge in [0.1, 0.15) is 12.7 Å². The standard InChI is InChI=1S/C12H16N4O4S/c13-3-9-5-16(12(18)20-9)11-14-8(7-21-11)4-15-1-2-19-6-10(15)17/h7,9H,1-6,13H2/t9-/m0/s1/i4D2. The van der Waals surface area contributed by atoms with Crippen LogP contribution in [0, 0.1) is 0 Å². The molecule has 0 aromatic carbocycles. The van der Waals surface area contributed by atoms with Gasteiger partial charge in [-0.3, -0.25) is 4.79 Å². The largest absolute Gasteiger partial charge is 0.443 e. The van der Waals surface area contributed by atoms with Crippen LogP contribution in [-0.2, 0) is 20.8 Å². The summed E-state index contributed by atoms with van der Waals surface area (Å²) in [5, 5.41) is 1.83. The first-order valence-electron chi connectivity index (χ1n) is 7.46. The molecular weight excluding hydrogens is 296 g/mol. The normalized spacial score (nSPS) is 24.9. The molecule has 0 spiro atoms. The molecule has 9 heteroatoms. The SMILES string of the molecule is [2H]C([2H])(c1csc(N2C[C@H](CN)OC2=O)n1)N1CCOCC1=O. The Morgan fingerprint density at radius 1 is 1.57 bits per heavy atom. The Balaban J connectivity index is 1.81. The quantitative estimate of drug-likeness (QED) is 0.825. The molecule has 2 amide bonds. The summed E-state index contributed by atoms with van der Waals surface area (Å²) in [6.45, 7) is -1.29. The topological polar surface area (TPSA) is 98.0 Å². The number of hydrogen-bond acceptors (Lipinski definition) is 7. The number of carbonyl (C=O) groups is 2. The number of morpholine rings is 1. The minimum absolute atomic E-state index is 0.0803. The van der Waals surface area contributed by atoms with Crippen LogP contribution >= 0.6 is 11.3 Å². The fourth-order valence-electron chi connectivity index (χ4n) is 2.01. The van der Waals surface area contributed by atoms with E-state index in [1.807, 2.05) is 0 Å². The van der Waals surface area contributed by atoms with Crippen LogP contribution in [-0.4, -0.2) is 60.8 Å². The van der Waals surface area contributed by atoms with E-state index in [9.17, 15) is 9.59 Å². The van der Waals surface area contributed by atoms with Gasteiger partial charge in [0.2, 0.25) is 5.91 Å². The van der Waals surface area contributed by atoms with Crippen molar-refractivity contribution in [3.63, 3.8) is 0 Å². The number of nitrogens with zero attached hydrogens (tertiary/aromatic N) is 3. The number of cyclic esters (lactones) is 1. The van der Waals surface area contributed by atoms with E-state index >= 15 is 0 Å². The highest BCUT2D eigenvalue weighted by molar-refractivity contribution is 7.14. The Labute approximate surface area is 128 Å². The van der Waals surface area contributed by atoms with Crippen molar-refractivity contribution in [1.82, 2.24) is 9.88 Å². The zero-order valence-corrected chi connectivity index (χ0v) is 12.0.